The summed E-state index contributed by atoms with van der Waals surface area (Å²) in [5, 5.41) is 4.53. The number of benzene rings is 1. The highest BCUT2D eigenvalue weighted by Gasteiger charge is 2.42. The van der Waals surface area contributed by atoms with Crippen molar-refractivity contribution in [3.05, 3.63) is 64.8 Å². The number of carbonyl (C=O) groups is 1. The van der Waals surface area contributed by atoms with Crippen molar-refractivity contribution in [1.29, 1.82) is 0 Å². The van der Waals surface area contributed by atoms with Crippen LogP contribution >= 0.6 is 0 Å². The molecule has 1 aromatic heterocycles. The average Bonchev–Trinajstić information content (AvgIpc) is 3.12. The van der Waals surface area contributed by atoms with Crippen LogP contribution in [-0.2, 0) is 16.0 Å². The van der Waals surface area contributed by atoms with Crippen molar-refractivity contribution in [2.75, 3.05) is 0 Å². The van der Waals surface area contributed by atoms with Gasteiger partial charge in [0.2, 0.25) is 0 Å². The number of allylic oxidation sites excluding steroid dienone is 2. The van der Waals surface area contributed by atoms with Gasteiger partial charge in [-0.2, -0.15) is 5.10 Å². The van der Waals surface area contributed by atoms with E-state index in [1.165, 1.54) is 17.7 Å². The Hall–Kier alpha value is -2.69. The van der Waals surface area contributed by atoms with Crippen LogP contribution in [0.15, 0.2) is 47.7 Å². The summed E-state index contributed by atoms with van der Waals surface area (Å²) in [6.07, 6.45) is 8.31. The minimum Gasteiger partial charge on any atom is -0.457 e. The van der Waals surface area contributed by atoms with Crippen molar-refractivity contribution >= 4 is 12.0 Å². The summed E-state index contributed by atoms with van der Waals surface area (Å²) in [6, 6.07) is 6.36. The van der Waals surface area contributed by atoms with Crippen molar-refractivity contribution in [2.24, 2.45) is 5.41 Å². The molecule has 28 heavy (non-hydrogen) atoms. The van der Waals surface area contributed by atoms with Crippen molar-refractivity contribution in [3.8, 4) is 5.69 Å². The Morgan fingerprint density at radius 2 is 1.96 bits per heavy atom. The lowest BCUT2D eigenvalue weighted by atomic mass is 9.72. The molecule has 0 unspecified atom stereocenters. The third-order valence-corrected chi connectivity index (χ3v) is 5.59. The molecule has 1 saturated carbocycles. The van der Waals surface area contributed by atoms with Gasteiger partial charge in [0, 0.05) is 11.5 Å². The van der Waals surface area contributed by atoms with Crippen molar-refractivity contribution in [2.45, 2.75) is 52.6 Å². The Kier molecular flexibility index (Phi) is 4.29. The molecule has 5 heteroatoms. The summed E-state index contributed by atoms with van der Waals surface area (Å²) in [5.41, 5.74) is 4.76. The van der Waals surface area contributed by atoms with E-state index in [0.29, 0.717) is 0 Å². The fraction of sp³-hybridized carbons (Fsp3) is 0.391. The van der Waals surface area contributed by atoms with Crippen molar-refractivity contribution < 1.29 is 13.9 Å². The fourth-order valence-corrected chi connectivity index (χ4v) is 4.21. The van der Waals surface area contributed by atoms with E-state index in [1.54, 1.807) is 18.2 Å². The molecule has 1 heterocycles. The predicted octanol–water partition coefficient (Wildman–Crippen LogP) is 5.02. The molecule has 0 bridgehead atoms. The maximum atomic E-state index is 13.3. The molecule has 4 rings (SSSR count). The molecule has 2 aromatic rings. The number of fused-ring (bicyclic) bond motifs is 2. The van der Waals surface area contributed by atoms with Gasteiger partial charge >= 0.3 is 5.97 Å². The highest BCUT2D eigenvalue weighted by atomic mass is 19.1. The maximum Gasteiger partial charge on any atom is 0.331 e. The monoisotopic (exact) mass is 380 g/mol. The molecule has 4 nitrogen and oxygen atoms in total. The lowest BCUT2D eigenvalue weighted by molar-refractivity contribution is -0.148. The van der Waals surface area contributed by atoms with Gasteiger partial charge in [0.25, 0.3) is 0 Å². The zero-order chi connectivity index (χ0) is 20.1. The van der Waals surface area contributed by atoms with E-state index >= 15 is 0 Å². The average molecular weight is 380 g/mol. The molecule has 1 atom stereocenters. The molecule has 0 aliphatic heterocycles. The predicted molar refractivity (Wildman–Crippen MR) is 106 cm³/mol. The van der Waals surface area contributed by atoms with Gasteiger partial charge in [-0.05, 0) is 75.9 Å². The normalized spacial score (nSPS) is 22.6. The topological polar surface area (TPSA) is 44.1 Å². The van der Waals surface area contributed by atoms with Crippen LogP contribution in [0.25, 0.3) is 11.8 Å². The molecule has 0 radical (unpaired) electrons. The first-order valence-electron chi connectivity index (χ1n) is 9.64. The van der Waals surface area contributed by atoms with E-state index in [0.717, 1.165) is 41.8 Å². The number of halogens is 1. The minimum atomic E-state index is -0.498. The number of aromatic nitrogens is 2. The smallest absolute Gasteiger partial charge is 0.331 e. The van der Waals surface area contributed by atoms with Crippen LogP contribution in [0, 0.1) is 11.2 Å². The van der Waals surface area contributed by atoms with Crippen molar-refractivity contribution in [3.63, 3.8) is 0 Å². The lowest BCUT2D eigenvalue weighted by Crippen LogP contribution is -2.26. The maximum absolute atomic E-state index is 13.3. The Morgan fingerprint density at radius 3 is 2.64 bits per heavy atom. The summed E-state index contributed by atoms with van der Waals surface area (Å²) in [7, 11) is 0. The number of esters is 1. The number of nitrogens with zero attached hydrogens (tertiary/aromatic N) is 2. The number of ether oxygens (including phenoxy) is 1. The van der Waals surface area contributed by atoms with Crippen LogP contribution in [0.3, 0.4) is 0 Å². The van der Waals surface area contributed by atoms with Gasteiger partial charge in [-0.3, -0.25) is 0 Å². The van der Waals surface area contributed by atoms with Gasteiger partial charge in [-0.15, -0.1) is 0 Å². The van der Waals surface area contributed by atoms with Gasteiger partial charge in [0.05, 0.1) is 17.6 Å². The van der Waals surface area contributed by atoms with E-state index < -0.39 is 5.60 Å². The SMILES string of the molecule is CC(C)(C)OC(=O)C=C1CCC2=Cc3c(cnn3-c3ccc(F)cc3)C[C@]12C. The van der Waals surface area contributed by atoms with Crippen molar-refractivity contribution in [1.82, 2.24) is 9.78 Å². The first kappa shape index (κ1) is 18.7. The molecule has 1 aromatic carbocycles. The summed E-state index contributed by atoms with van der Waals surface area (Å²) in [5.74, 6) is -0.541. The largest absolute Gasteiger partial charge is 0.457 e. The van der Waals surface area contributed by atoms with E-state index in [-0.39, 0.29) is 17.2 Å². The van der Waals surface area contributed by atoms with Crippen LogP contribution in [0.1, 0.15) is 51.8 Å². The second-order valence-corrected chi connectivity index (χ2v) is 8.82. The first-order chi connectivity index (χ1) is 13.2. The van der Waals surface area contributed by atoms with Gasteiger partial charge in [0.15, 0.2) is 0 Å². The van der Waals surface area contributed by atoms with E-state index in [4.69, 9.17) is 4.74 Å². The van der Waals surface area contributed by atoms with Crippen LogP contribution in [0.5, 0.6) is 0 Å². The fourth-order valence-electron chi connectivity index (χ4n) is 4.21. The zero-order valence-electron chi connectivity index (χ0n) is 16.8. The van der Waals surface area contributed by atoms with Crippen LogP contribution < -0.4 is 0 Å². The molecular weight excluding hydrogens is 355 g/mol. The number of rotatable bonds is 2. The standard InChI is InChI=1S/C23H25FN2O2/c1-22(2,3)28-21(27)12-17-6-5-16-11-20-15(13-23(16,17)4)14-25-26(20)19-9-7-18(24)8-10-19/h7-12,14H,5-6,13H2,1-4H3/t23-/m0/s1. The highest BCUT2D eigenvalue weighted by molar-refractivity contribution is 5.84. The Balaban J connectivity index is 1.67. The molecule has 0 amide bonds. The summed E-state index contributed by atoms with van der Waals surface area (Å²) in [4.78, 5) is 12.3. The van der Waals surface area contributed by atoms with Gasteiger partial charge in [-0.1, -0.05) is 18.1 Å². The molecule has 0 N–H and O–H groups in total. The third kappa shape index (κ3) is 3.30. The number of hydrogen-bond donors (Lipinski definition) is 0. The molecule has 0 saturated heterocycles. The zero-order valence-corrected chi connectivity index (χ0v) is 16.8. The van der Waals surface area contributed by atoms with E-state index in [1.807, 2.05) is 31.6 Å². The highest BCUT2D eigenvalue weighted by Crippen LogP contribution is 2.52. The second-order valence-electron chi connectivity index (χ2n) is 8.82. The molecule has 0 spiro atoms. The second kappa shape index (κ2) is 6.43. The van der Waals surface area contributed by atoms with Gasteiger partial charge < -0.3 is 4.74 Å². The Bertz CT molecular complexity index is 993. The van der Waals surface area contributed by atoms with Gasteiger partial charge in [0.1, 0.15) is 11.4 Å². The molecule has 2 aliphatic rings. The third-order valence-electron chi connectivity index (χ3n) is 5.59. The lowest BCUT2D eigenvalue weighted by Gasteiger charge is -2.32. The first-order valence-corrected chi connectivity index (χ1v) is 9.64. The number of hydrogen-bond acceptors (Lipinski definition) is 3. The molecule has 146 valence electrons. The summed E-state index contributed by atoms with van der Waals surface area (Å²) >= 11 is 0. The van der Waals surface area contributed by atoms with Crippen LogP contribution in [-0.4, -0.2) is 21.4 Å². The molecule has 2 aliphatic carbocycles. The summed E-state index contributed by atoms with van der Waals surface area (Å²) < 4.78 is 20.6. The van der Waals surface area contributed by atoms with E-state index in [2.05, 4.69) is 18.1 Å². The van der Waals surface area contributed by atoms with Gasteiger partial charge in [-0.25, -0.2) is 13.9 Å². The Labute approximate surface area is 164 Å². The van der Waals surface area contributed by atoms with Crippen LogP contribution in [0.4, 0.5) is 4.39 Å². The number of carbonyl (C=O) groups excluding carboxylic acids is 1. The quantitative estimate of drug-likeness (QED) is 0.543. The minimum absolute atomic E-state index is 0.180. The van der Waals surface area contributed by atoms with E-state index in [9.17, 15) is 9.18 Å². The molecular formula is C23H25FN2O2. The Morgan fingerprint density at radius 1 is 1.25 bits per heavy atom. The van der Waals surface area contributed by atoms with Crippen LogP contribution in [0.2, 0.25) is 0 Å². The summed E-state index contributed by atoms with van der Waals surface area (Å²) in [6.45, 7) is 7.83. The molecule has 1 fully saturated rings.